The van der Waals surface area contributed by atoms with Crippen molar-refractivity contribution in [2.75, 3.05) is 0 Å². The van der Waals surface area contributed by atoms with Crippen LogP contribution in [0.2, 0.25) is 0 Å². The van der Waals surface area contributed by atoms with Crippen molar-refractivity contribution in [2.45, 2.75) is 0 Å². The van der Waals surface area contributed by atoms with Gasteiger partial charge in [-0.15, -0.1) is 0 Å². The molecule has 0 aliphatic carbocycles. The number of benzene rings is 20. The zero-order chi connectivity index (χ0) is 80.0. The number of aromatic nitrogens is 8. The van der Waals surface area contributed by atoms with Gasteiger partial charge >= 0.3 is 0 Å². The Kier molecular flexibility index (Phi) is 15.6. The molecule has 566 valence electrons. The molecule has 0 fully saturated rings. The Morgan fingerprint density at radius 2 is 0.385 bits per heavy atom. The number of hydrogen-bond acceptors (Lipinski definition) is 4. The van der Waals surface area contributed by atoms with Gasteiger partial charge in [-0.1, -0.05) is 315 Å². The standard InChI is InChI=1S/C58H36N4.C56H34N4/c1-3-17-37(18-4-1)55-56(60-58-48-30-10-8-26-44(48)43-25-7-9-29-47(43)57(58)59-55)40-21-15-19-38(33-40)39-20-16-24-42(34-39)62-52-32-14-12-28-46(52)50-35-53-49(36-54(50)62)45-27-11-13-31-51(45)61(53)41-22-5-2-6-23-41;1-3-15-35(16-4-1)53-54(58-56-46-24-10-8-20-42(46)41-19-7-9-23-45(41)55(56)57-53)38-28-27-37-32-40(30-29-36(37)31-38)60-50-26-14-12-22-44(50)48-33-51-47(34-52(48)60)43-21-11-13-25-49(43)59(51)39-17-5-2-6-18-39/h1-36H;1-34H. The third-order valence-corrected chi connectivity index (χ3v) is 25.1. The van der Waals surface area contributed by atoms with Crippen LogP contribution in [0.15, 0.2) is 425 Å². The normalized spacial score (nSPS) is 11.9. The van der Waals surface area contributed by atoms with Gasteiger partial charge in [0.05, 0.1) is 89.0 Å². The minimum atomic E-state index is 0.864. The molecule has 20 aromatic carbocycles. The van der Waals surface area contributed by atoms with Crippen molar-refractivity contribution in [3.8, 4) is 78.9 Å². The summed E-state index contributed by atoms with van der Waals surface area (Å²) in [6.45, 7) is 0. The zero-order valence-corrected chi connectivity index (χ0v) is 66.0. The maximum Gasteiger partial charge on any atom is 0.0979 e. The molecule has 122 heavy (non-hydrogen) atoms. The molecular weight excluding hydrogens is 1480 g/mol. The first-order chi connectivity index (χ1) is 60.5. The fourth-order valence-corrected chi connectivity index (χ4v) is 19.6. The summed E-state index contributed by atoms with van der Waals surface area (Å²) in [6.07, 6.45) is 0. The Labute approximate surface area is 700 Å². The van der Waals surface area contributed by atoms with E-state index in [1.165, 1.54) is 109 Å². The lowest BCUT2D eigenvalue weighted by atomic mass is 9.96. The van der Waals surface area contributed by atoms with Gasteiger partial charge in [-0.3, -0.25) is 0 Å². The van der Waals surface area contributed by atoms with Crippen molar-refractivity contribution >= 4 is 163 Å². The van der Waals surface area contributed by atoms with Crippen molar-refractivity contribution in [3.63, 3.8) is 0 Å². The molecule has 26 rings (SSSR count). The lowest BCUT2D eigenvalue weighted by molar-refractivity contribution is 1.17. The molecule has 0 amide bonds. The summed E-state index contributed by atoms with van der Waals surface area (Å²) in [6, 6.07) is 153. The smallest absolute Gasteiger partial charge is 0.0979 e. The van der Waals surface area contributed by atoms with Crippen LogP contribution >= 0.6 is 0 Å². The van der Waals surface area contributed by atoms with Crippen molar-refractivity contribution in [1.29, 1.82) is 0 Å². The molecule has 0 N–H and O–H groups in total. The summed E-state index contributed by atoms with van der Waals surface area (Å²) in [7, 11) is 0. The maximum atomic E-state index is 5.56. The van der Waals surface area contributed by atoms with E-state index in [4.69, 9.17) is 19.9 Å². The van der Waals surface area contributed by atoms with Gasteiger partial charge in [0.15, 0.2) is 0 Å². The van der Waals surface area contributed by atoms with Crippen LogP contribution in [0.5, 0.6) is 0 Å². The molecule has 0 saturated carbocycles. The molecule has 6 heterocycles. The molecule has 0 aliphatic rings. The third kappa shape index (κ3) is 10.8. The summed E-state index contributed by atoms with van der Waals surface area (Å²) in [5.74, 6) is 0. The molecule has 0 atom stereocenters. The van der Waals surface area contributed by atoms with Gasteiger partial charge in [-0.05, 0) is 153 Å². The molecule has 8 nitrogen and oxygen atoms in total. The Balaban J connectivity index is 0.000000134. The van der Waals surface area contributed by atoms with Gasteiger partial charge < -0.3 is 18.3 Å². The predicted molar refractivity (Wildman–Crippen MR) is 511 cm³/mol. The number of para-hydroxylation sites is 6. The second-order valence-electron chi connectivity index (χ2n) is 31.9. The maximum absolute atomic E-state index is 5.56. The number of hydrogen-bond donors (Lipinski definition) is 0. The van der Waals surface area contributed by atoms with E-state index in [0.29, 0.717) is 0 Å². The molecule has 0 aliphatic heterocycles. The van der Waals surface area contributed by atoms with E-state index in [1.54, 1.807) is 0 Å². The summed E-state index contributed by atoms with van der Waals surface area (Å²) in [4.78, 5) is 22.1. The minimum Gasteiger partial charge on any atom is -0.309 e. The summed E-state index contributed by atoms with van der Waals surface area (Å²) >= 11 is 0. The summed E-state index contributed by atoms with van der Waals surface area (Å²) in [5, 5.41) is 21.4. The molecular formula is C114H70N8. The molecule has 0 bridgehead atoms. The molecule has 0 unspecified atom stereocenters. The van der Waals surface area contributed by atoms with Crippen molar-refractivity contribution in [2.24, 2.45) is 0 Å². The topological polar surface area (TPSA) is 71.3 Å². The predicted octanol–water partition coefficient (Wildman–Crippen LogP) is 29.7. The monoisotopic (exact) mass is 1550 g/mol. The molecule has 6 aromatic heterocycles. The van der Waals surface area contributed by atoms with Crippen LogP contribution < -0.4 is 0 Å². The van der Waals surface area contributed by atoms with Gasteiger partial charge in [-0.2, -0.15) is 0 Å². The SMILES string of the molecule is c1ccc(-c2nc3c4ccccc4c4ccccc4c3nc2-c2ccc3cc(-n4c5ccccc5c5cc6c(cc54)c4ccccc4n6-c4ccccc4)ccc3c2)cc1.c1ccc(-c2nc3c4ccccc4c4ccccc4c3nc2-c2cccc(-c3cccc(-n4c5ccccc5c5cc6c(cc54)c4ccccc4n6-c4ccccc4)c3)c2)cc1. The summed E-state index contributed by atoms with van der Waals surface area (Å²) in [5.41, 5.74) is 27.6. The van der Waals surface area contributed by atoms with Crippen molar-refractivity contribution in [3.05, 3.63) is 425 Å². The quantitative estimate of drug-likeness (QED) is 0.135. The average Bonchev–Trinajstić information content (AvgIpc) is 1.63. The lowest BCUT2D eigenvalue weighted by Crippen LogP contribution is -1.98. The first-order valence-corrected chi connectivity index (χ1v) is 41.7. The van der Waals surface area contributed by atoms with E-state index < -0.39 is 0 Å². The first kappa shape index (κ1) is 68.8. The third-order valence-electron chi connectivity index (χ3n) is 25.1. The Morgan fingerprint density at radius 1 is 0.131 bits per heavy atom. The Morgan fingerprint density at radius 3 is 0.770 bits per heavy atom. The van der Waals surface area contributed by atoms with Crippen molar-refractivity contribution in [1.82, 2.24) is 38.2 Å². The van der Waals surface area contributed by atoms with E-state index in [-0.39, 0.29) is 0 Å². The average molecular weight is 1550 g/mol. The van der Waals surface area contributed by atoms with Crippen molar-refractivity contribution < 1.29 is 0 Å². The van der Waals surface area contributed by atoms with Crippen LogP contribution in [0.25, 0.3) is 242 Å². The highest BCUT2D eigenvalue weighted by Crippen LogP contribution is 2.47. The first-order valence-electron chi connectivity index (χ1n) is 41.7. The van der Waals surface area contributed by atoms with Crippen LogP contribution in [0, 0.1) is 0 Å². The van der Waals surface area contributed by atoms with Crippen LogP contribution in [-0.2, 0) is 0 Å². The van der Waals surface area contributed by atoms with Gasteiger partial charge in [0, 0.05) is 110 Å². The fraction of sp³-hybridized carbons (Fsp3) is 0. The molecule has 0 radical (unpaired) electrons. The van der Waals surface area contributed by atoms with Crippen LogP contribution in [0.1, 0.15) is 0 Å². The zero-order valence-electron chi connectivity index (χ0n) is 66.0. The second-order valence-corrected chi connectivity index (χ2v) is 31.9. The van der Waals surface area contributed by atoms with Gasteiger partial charge in [0.25, 0.3) is 0 Å². The fourth-order valence-electron chi connectivity index (χ4n) is 19.6. The van der Waals surface area contributed by atoms with Crippen LogP contribution in [0.4, 0.5) is 0 Å². The van der Waals surface area contributed by atoms with E-state index in [2.05, 4.69) is 443 Å². The van der Waals surface area contributed by atoms with Gasteiger partial charge in [0.2, 0.25) is 0 Å². The molecule has 26 aromatic rings. The molecule has 0 saturated heterocycles. The van der Waals surface area contributed by atoms with E-state index in [1.807, 2.05) is 0 Å². The number of nitrogens with zero attached hydrogens (tertiary/aromatic N) is 8. The molecule has 0 spiro atoms. The number of fused-ring (bicyclic) bond motifs is 25. The highest BCUT2D eigenvalue weighted by atomic mass is 15.0. The Bertz CT molecular complexity index is 8820. The van der Waals surface area contributed by atoms with E-state index >= 15 is 0 Å². The highest BCUT2D eigenvalue weighted by molar-refractivity contribution is 6.26. The second kappa shape index (κ2) is 27.6. The largest absolute Gasteiger partial charge is 0.309 e. The highest BCUT2D eigenvalue weighted by Gasteiger charge is 2.25. The Hall–Kier alpha value is -16.4. The van der Waals surface area contributed by atoms with E-state index in [0.717, 1.165) is 133 Å². The number of rotatable bonds is 9. The minimum absolute atomic E-state index is 0.864. The summed E-state index contributed by atoms with van der Waals surface area (Å²) < 4.78 is 9.67. The van der Waals surface area contributed by atoms with Crippen LogP contribution in [0.3, 0.4) is 0 Å². The lowest BCUT2D eigenvalue weighted by Gasteiger charge is -2.15. The van der Waals surface area contributed by atoms with Gasteiger partial charge in [0.1, 0.15) is 0 Å². The van der Waals surface area contributed by atoms with Gasteiger partial charge in [-0.25, -0.2) is 19.9 Å². The molecule has 8 heteroatoms. The van der Waals surface area contributed by atoms with E-state index in [9.17, 15) is 0 Å². The van der Waals surface area contributed by atoms with Crippen LogP contribution in [-0.4, -0.2) is 38.2 Å².